The molecule has 0 spiro atoms. The van der Waals surface area contributed by atoms with Gasteiger partial charge in [0.25, 0.3) is 5.92 Å². The van der Waals surface area contributed by atoms with E-state index < -0.39 is 5.92 Å². The number of allylic oxidation sites excluding steroid dienone is 3. The van der Waals surface area contributed by atoms with E-state index in [2.05, 4.69) is 65.4 Å². The van der Waals surface area contributed by atoms with Crippen LogP contribution in [0.4, 0.5) is 14.6 Å². The first-order chi connectivity index (χ1) is 20.7. The summed E-state index contributed by atoms with van der Waals surface area (Å²) < 4.78 is 28.1. The van der Waals surface area contributed by atoms with E-state index in [9.17, 15) is 8.78 Å². The molecule has 0 saturated carbocycles. The van der Waals surface area contributed by atoms with Crippen molar-refractivity contribution in [3.63, 3.8) is 0 Å². The Morgan fingerprint density at radius 3 is 2.42 bits per heavy atom. The van der Waals surface area contributed by atoms with E-state index in [1.54, 1.807) is 12.1 Å². The van der Waals surface area contributed by atoms with Crippen molar-refractivity contribution in [3.8, 4) is 0 Å². The van der Waals surface area contributed by atoms with Gasteiger partial charge in [0.2, 0.25) is 0 Å². The standard InChI is InChI=1S/C36H45F2N5/c1-6-10-31-24-28(15-20-34(31)30(8-3)16-19-33(11-7-2)41-42-39)22-23-43(35-21-12-27(5)25-40-35)26-29-13-17-32(18-14-29)36(37,38)9-4/h7-9,12-15,17-18,20-21,24-25,30,42H,2-4,6,10-11,16,19,22-23,26,39H2,1,5H3/b41-33+. The molecule has 1 aromatic heterocycles. The van der Waals surface area contributed by atoms with Crippen LogP contribution in [0.25, 0.3) is 0 Å². The van der Waals surface area contributed by atoms with Crippen LogP contribution in [0.5, 0.6) is 0 Å². The number of benzene rings is 2. The summed E-state index contributed by atoms with van der Waals surface area (Å²) in [6, 6.07) is 17.3. The highest BCUT2D eigenvalue weighted by molar-refractivity contribution is 5.85. The highest BCUT2D eigenvalue weighted by Gasteiger charge is 2.26. The maximum absolute atomic E-state index is 14.1. The number of nitrogens with zero attached hydrogens (tertiary/aromatic N) is 3. The number of hydrogen-bond acceptors (Lipinski definition) is 5. The second kappa shape index (κ2) is 16.5. The Bertz CT molecular complexity index is 1360. The molecule has 1 heterocycles. The van der Waals surface area contributed by atoms with Crippen molar-refractivity contribution in [2.75, 3.05) is 11.4 Å². The normalized spacial score (nSPS) is 12.4. The minimum atomic E-state index is -3.05. The number of aromatic nitrogens is 1. The lowest BCUT2D eigenvalue weighted by Gasteiger charge is -2.25. The quantitative estimate of drug-likeness (QED) is 0.0682. The van der Waals surface area contributed by atoms with Gasteiger partial charge in [0.15, 0.2) is 0 Å². The largest absolute Gasteiger partial charge is 0.352 e. The van der Waals surface area contributed by atoms with Gasteiger partial charge in [-0.2, -0.15) is 13.9 Å². The Labute approximate surface area is 255 Å². The SMILES string of the molecule is C=CC/C(CCC(C=C)c1ccc(CCN(Cc2ccc(C(F)(F)C=C)cc2)c2ccc(C)cn2)cc1CCC)=N\NN. The van der Waals surface area contributed by atoms with E-state index in [1.165, 1.54) is 28.8 Å². The zero-order chi connectivity index (χ0) is 31.2. The Balaban J connectivity index is 1.80. The molecule has 0 aliphatic carbocycles. The zero-order valence-electron chi connectivity index (χ0n) is 25.5. The van der Waals surface area contributed by atoms with Crippen molar-refractivity contribution >= 4 is 11.5 Å². The minimum Gasteiger partial charge on any atom is -0.352 e. The Kier molecular flexibility index (Phi) is 12.8. The molecule has 3 aromatic rings. The lowest BCUT2D eigenvalue weighted by atomic mass is 9.86. The van der Waals surface area contributed by atoms with Crippen molar-refractivity contribution in [1.82, 2.24) is 10.5 Å². The molecule has 3 rings (SSSR count). The van der Waals surface area contributed by atoms with E-state index in [-0.39, 0.29) is 11.5 Å². The van der Waals surface area contributed by atoms with Crippen molar-refractivity contribution < 1.29 is 8.78 Å². The fraction of sp³-hybridized carbons (Fsp3) is 0.333. The molecule has 0 aliphatic rings. The Hall–Kier alpha value is -4.10. The topological polar surface area (TPSA) is 66.5 Å². The summed E-state index contributed by atoms with van der Waals surface area (Å²) in [5.74, 6) is 3.43. The molecule has 43 heavy (non-hydrogen) atoms. The fourth-order valence-corrected chi connectivity index (χ4v) is 5.20. The van der Waals surface area contributed by atoms with E-state index in [4.69, 9.17) is 5.84 Å². The van der Waals surface area contributed by atoms with Crippen LogP contribution in [-0.2, 0) is 25.3 Å². The molecule has 7 heteroatoms. The average molecular weight is 586 g/mol. The highest BCUT2D eigenvalue weighted by Crippen LogP contribution is 2.30. The smallest absolute Gasteiger partial charge is 0.291 e. The summed E-state index contributed by atoms with van der Waals surface area (Å²) in [4.78, 5) is 6.87. The van der Waals surface area contributed by atoms with Crippen molar-refractivity contribution in [1.29, 1.82) is 0 Å². The minimum absolute atomic E-state index is 0.0621. The number of rotatable bonds is 18. The Morgan fingerprint density at radius 2 is 1.81 bits per heavy atom. The number of halogens is 2. The first-order valence-electron chi connectivity index (χ1n) is 14.9. The summed E-state index contributed by atoms with van der Waals surface area (Å²) in [6.45, 7) is 16.7. The van der Waals surface area contributed by atoms with Gasteiger partial charge in [0.05, 0.1) is 0 Å². The second-order valence-electron chi connectivity index (χ2n) is 10.9. The van der Waals surface area contributed by atoms with E-state index >= 15 is 0 Å². The third-order valence-corrected chi connectivity index (χ3v) is 7.62. The van der Waals surface area contributed by atoms with Crippen LogP contribution in [0.1, 0.15) is 71.9 Å². The van der Waals surface area contributed by atoms with E-state index in [0.717, 1.165) is 61.3 Å². The van der Waals surface area contributed by atoms with Crippen LogP contribution in [0.3, 0.4) is 0 Å². The highest BCUT2D eigenvalue weighted by atomic mass is 19.3. The number of aryl methyl sites for hydroxylation is 2. The second-order valence-corrected chi connectivity index (χ2v) is 10.9. The first kappa shape index (κ1) is 33.4. The lowest BCUT2D eigenvalue weighted by molar-refractivity contribution is 0.0525. The predicted octanol–water partition coefficient (Wildman–Crippen LogP) is 8.31. The number of hydrazine groups is 1. The van der Waals surface area contributed by atoms with Gasteiger partial charge < -0.3 is 4.90 Å². The van der Waals surface area contributed by atoms with Crippen LogP contribution in [0.15, 0.2) is 104 Å². The molecule has 0 saturated heterocycles. The van der Waals surface area contributed by atoms with Crippen LogP contribution in [-0.4, -0.2) is 17.2 Å². The summed E-state index contributed by atoms with van der Waals surface area (Å²) in [5, 5.41) is 4.20. The summed E-state index contributed by atoms with van der Waals surface area (Å²) in [7, 11) is 0. The van der Waals surface area contributed by atoms with Crippen molar-refractivity contribution in [3.05, 3.63) is 132 Å². The Morgan fingerprint density at radius 1 is 1.07 bits per heavy atom. The van der Waals surface area contributed by atoms with Gasteiger partial charge in [-0.15, -0.1) is 13.2 Å². The number of nitrogens with one attached hydrogen (secondary N) is 1. The van der Waals surface area contributed by atoms with E-state index in [1.807, 2.05) is 37.4 Å². The molecule has 0 fully saturated rings. The van der Waals surface area contributed by atoms with Crippen LogP contribution in [0.2, 0.25) is 0 Å². The van der Waals surface area contributed by atoms with Crippen LogP contribution < -0.4 is 16.3 Å². The number of pyridine rings is 1. The molecular formula is C36H45F2N5. The molecule has 1 atom stereocenters. The number of nitrogens with two attached hydrogens (primary N) is 1. The van der Waals surface area contributed by atoms with E-state index in [0.29, 0.717) is 19.0 Å². The summed E-state index contributed by atoms with van der Waals surface area (Å²) in [6.07, 6.45) is 11.6. The van der Waals surface area contributed by atoms with Gasteiger partial charge >= 0.3 is 0 Å². The molecule has 228 valence electrons. The van der Waals surface area contributed by atoms with Gasteiger partial charge in [0.1, 0.15) is 5.82 Å². The number of alkyl halides is 2. The average Bonchev–Trinajstić information content (AvgIpc) is 3.01. The molecule has 1 unspecified atom stereocenters. The molecule has 0 radical (unpaired) electrons. The molecule has 0 bridgehead atoms. The third-order valence-electron chi connectivity index (χ3n) is 7.62. The third kappa shape index (κ3) is 9.72. The summed E-state index contributed by atoms with van der Waals surface area (Å²) >= 11 is 0. The zero-order valence-corrected chi connectivity index (χ0v) is 25.5. The molecular weight excluding hydrogens is 540 g/mol. The number of hydrazone groups is 1. The molecule has 0 amide bonds. The van der Waals surface area contributed by atoms with Crippen molar-refractivity contribution in [2.24, 2.45) is 10.9 Å². The first-order valence-corrected chi connectivity index (χ1v) is 14.9. The van der Waals surface area contributed by atoms with Gasteiger partial charge in [0, 0.05) is 42.9 Å². The van der Waals surface area contributed by atoms with Gasteiger partial charge in [-0.25, -0.2) is 16.4 Å². The molecule has 2 aromatic carbocycles. The molecule has 3 N–H and O–H groups in total. The maximum atomic E-state index is 14.1. The molecule has 5 nitrogen and oxygen atoms in total. The predicted molar refractivity (Wildman–Crippen MR) is 176 cm³/mol. The van der Waals surface area contributed by atoms with Gasteiger partial charge in [-0.05, 0) is 72.6 Å². The lowest BCUT2D eigenvalue weighted by Crippen LogP contribution is -2.26. The van der Waals surface area contributed by atoms with Crippen LogP contribution in [0, 0.1) is 6.92 Å². The maximum Gasteiger partial charge on any atom is 0.291 e. The molecule has 0 aliphatic heterocycles. The number of hydrogen-bond donors (Lipinski definition) is 2. The monoisotopic (exact) mass is 585 g/mol. The van der Waals surface area contributed by atoms with Crippen LogP contribution >= 0.6 is 0 Å². The fourth-order valence-electron chi connectivity index (χ4n) is 5.20. The number of anilines is 1. The van der Waals surface area contributed by atoms with Gasteiger partial charge in [-0.1, -0.05) is 80.6 Å². The summed E-state index contributed by atoms with van der Waals surface area (Å²) in [5.41, 5.74) is 9.21. The van der Waals surface area contributed by atoms with Crippen molar-refractivity contribution in [2.45, 2.75) is 70.8 Å². The van der Waals surface area contributed by atoms with Gasteiger partial charge in [-0.3, -0.25) is 0 Å².